The van der Waals surface area contributed by atoms with Crippen LogP contribution in [0.1, 0.15) is 19.3 Å². The molecule has 0 aromatic rings. The number of rotatable bonds is 4. The van der Waals surface area contributed by atoms with Crippen molar-refractivity contribution < 1.29 is 27.7 Å². The molecule has 0 aromatic carbocycles. The molecule has 2 aliphatic rings. The van der Waals surface area contributed by atoms with Crippen LogP contribution in [0.15, 0.2) is 23.1 Å². The Labute approximate surface area is 142 Å². The number of Topliss-reactive ketones (excluding diaryl/α,β-unsaturated/α-hetero) is 3. The highest BCUT2D eigenvalue weighted by Crippen LogP contribution is 2.38. The van der Waals surface area contributed by atoms with Crippen molar-refractivity contribution in [2.75, 3.05) is 6.26 Å². The zero-order valence-corrected chi connectivity index (χ0v) is 14.2. The van der Waals surface area contributed by atoms with Crippen molar-refractivity contribution in [3.8, 4) is 0 Å². The monoisotopic (exact) mass is 375 g/mol. The maximum Gasteiger partial charge on any atom is 0.328 e. The molecule has 0 aromatic heterocycles. The molecule has 0 aliphatic heterocycles. The van der Waals surface area contributed by atoms with Crippen LogP contribution in [0.2, 0.25) is 0 Å². The van der Waals surface area contributed by atoms with Crippen molar-refractivity contribution in [2.45, 2.75) is 24.3 Å². The van der Waals surface area contributed by atoms with Gasteiger partial charge in [0.2, 0.25) is 0 Å². The van der Waals surface area contributed by atoms with Crippen LogP contribution in [-0.2, 0) is 24.2 Å². The van der Waals surface area contributed by atoms with E-state index in [9.17, 15) is 32.9 Å². The lowest BCUT2D eigenvalue weighted by molar-refractivity contribution is -0.532. The van der Waals surface area contributed by atoms with Crippen molar-refractivity contribution in [1.29, 1.82) is 0 Å². The molecular formula is C14H14ClNO7S. The summed E-state index contributed by atoms with van der Waals surface area (Å²) in [5, 5.41) is 11.4. The van der Waals surface area contributed by atoms with Gasteiger partial charge in [0.05, 0.1) is 4.91 Å². The van der Waals surface area contributed by atoms with Gasteiger partial charge in [-0.2, -0.15) is 0 Å². The third-order valence-corrected chi connectivity index (χ3v) is 5.62. The van der Waals surface area contributed by atoms with Gasteiger partial charge in [0, 0.05) is 30.1 Å². The van der Waals surface area contributed by atoms with Gasteiger partial charge in [-0.05, 0) is 24.1 Å². The van der Waals surface area contributed by atoms with Gasteiger partial charge in [-0.1, -0.05) is 6.08 Å². The molecule has 0 heterocycles. The van der Waals surface area contributed by atoms with E-state index in [-0.39, 0.29) is 12.8 Å². The summed E-state index contributed by atoms with van der Waals surface area (Å²) in [7, 11) is -3.79. The number of nitro groups is 1. The number of hydrogen-bond acceptors (Lipinski definition) is 7. The summed E-state index contributed by atoms with van der Waals surface area (Å²) in [6.45, 7) is 0. The Kier molecular flexibility index (Phi) is 4.78. The number of ketones is 3. The molecule has 2 rings (SSSR count). The topological polar surface area (TPSA) is 128 Å². The summed E-state index contributed by atoms with van der Waals surface area (Å²) >= 11 is 5.95. The van der Waals surface area contributed by atoms with Gasteiger partial charge in [0.25, 0.3) is 0 Å². The van der Waals surface area contributed by atoms with E-state index < -0.39 is 53.8 Å². The van der Waals surface area contributed by atoms with Gasteiger partial charge >= 0.3 is 5.00 Å². The summed E-state index contributed by atoms with van der Waals surface area (Å²) in [6, 6.07) is 0. The summed E-state index contributed by atoms with van der Waals surface area (Å²) < 4.78 is 23.2. The highest BCUT2D eigenvalue weighted by Gasteiger charge is 2.55. The van der Waals surface area contributed by atoms with Crippen LogP contribution in [0.25, 0.3) is 0 Å². The van der Waals surface area contributed by atoms with Crippen molar-refractivity contribution in [1.82, 2.24) is 0 Å². The number of allylic oxidation sites excluding steroid dienone is 1. The van der Waals surface area contributed by atoms with E-state index in [2.05, 4.69) is 0 Å². The Morgan fingerprint density at radius 1 is 1.33 bits per heavy atom. The predicted octanol–water partition coefficient (Wildman–Crippen LogP) is 0.820. The lowest BCUT2D eigenvalue weighted by Gasteiger charge is -2.28. The lowest BCUT2D eigenvalue weighted by Crippen LogP contribution is -2.49. The minimum absolute atomic E-state index is 0.0385. The molecule has 1 fully saturated rings. The van der Waals surface area contributed by atoms with Crippen LogP contribution in [0.4, 0.5) is 0 Å². The molecule has 24 heavy (non-hydrogen) atoms. The second-order valence-corrected chi connectivity index (χ2v) is 8.38. The number of alkyl halides is 1. The Morgan fingerprint density at radius 3 is 2.33 bits per heavy atom. The lowest BCUT2D eigenvalue weighted by atomic mass is 9.76. The van der Waals surface area contributed by atoms with Crippen LogP contribution in [0.3, 0.4) is 0 Å². The first kappa shape index (κ1) is 18.5. The van der Waals surface area contributed by atoms with Crippen LogP contribution < -0.4 is 0 Å². The summed E-state index contributed by atoms with van der Waals surface area (Å²) in [5.41, 5.74) is 0. The first-order valence-electron chi connectivity index (χ1n) is 7.02. The van der Waals surface area contributed by atoms with Crippen LogP contribution >= 0.6 is 11.6 Å². The molecule has 2 atom stereocenters. The van der Waals surface area contributed by atoms with E-state index in [1.165, 1.54) is 0 Å². The smallest absolute Gasteiger partial charge is 0.298 e. The van der Waals surface area contributed by atoms with E-state index in [0.29, 0.717) is 12.5 Å². The molecule has 1 saturated carbocycles. The molecule has 8 nitrogen and oxygen atoms in total. The third kappa shape index (κ3) is 3.18. The number of nitrogens with zero attached hydrogens (tertiary/aromatic N) is 1. The normalized spacial score (nSPS) is 28.6. The van der Waals surface area contributed by atoms with Gasteiger partial charge in [-0.3, -0.25) is 24.5 Å². The number of carbonyl (C=O) groups excluding carboxylic acids is 3. The quantitative estimate of drug-likeness (QED) is 0.234. The molecule has 2 unspecified atom stereocenters. The molecule has 0 radical (unpaired) electrons. The average molecular weight is 376 g/mol. The largest absolute Gasteiger partial charge is 0.328 e. The minimum Gasteiger partial charge on any atom is -0.298 e. The van der Waals surface area contributed by atoms with Crippen LogP contribution in [0, 0.1) is 22.0 Å². The maximum absolute atomic E-state index is 12.6. The Bertz CT molecular complexity index is 782. The third-order valence-electron chi connectivity index (χ3n) is 4.02. The Hall–Kier alpha value is -1.87. The molecule has 0 spiro atoms. The van der Waals surface area contributed by atoms with E-state index in [0.717, 1.165) is 18.4 Å². The second-order valence-electron chi connectivity index (χ2n) is 5.76. The zero-order chi connectivity index (χ0) is 18.3. The number of hydrogen-bond donors (Lipinski definition) is 0. The first-order chi connectivity index (χ1) is 11.0. The van der Waals surface area contributed by atoms with Crippen molar-refractivity contribution in [3.05, 3.63) is 33.2 Å². The van der Waals surface area contributed by atoms with Gasteiger partial charge in [-0.25, -0.2) is 8.42 Å². The fourth-order valence-corrected chi connectivity index (χ4v) is 3.84. The number of sulfone groups is 1. The molecule has 0 N–H and O–H groups in total. The molecule has 10 heteroatoms. The van der Waals surface area contributed by atoms with E-state index in [1.54, 1.807) is 0 Å². The highest BCUT2D eigenvalue weighted by atomic mass is 35.5. The molecule has 0 saturated heterocycles. The summed E-state index contributed by atoms with van der Waals surface area (Å²) in [4.78, 5) is 43.8. The summed E-state index contributed by atoms with van der Waals surface area (Å²) in [5.74, 6) is -5.36. The van der Waals surface area contributed by atoms with E-state index in [1.807, 2.05) is 0 Å². The first-order valence-corrected chi connectivity index (χ1v) is 9.29. The zero-order valence-electron chi connectivity index (χ0n) is 12.6. The van der Waals surface area contributed by atoms with E-state index in [4.69, 9.17) is 11.6 Å². The number of halogens is 1. The Balaban J connectivity index is 2.47. The maximum atomic E-state index is 12.6. The molecule has 2 aliphatic carbocycles. The number of carbonyl (C=O) groups is 3. The van der Waals surface area contributed by atoms with Crippen LogP contribution in [-0.4, -0.2) is 41.9 Å². The fraction of sp³-hybridized carbons (Fsp3) is 0.500. The van der Waals surface area contributed by atoms with Crippen molar-refractivity contribution in [3.63, 3.8) is 0 Å². The average Bonchev–Trinajstić information content (AvgIpc) is 2.45. The molecule has 0 amide bonds. The van der Waals surface area contributed by atoms with Crippen molar-refractivity contribution in [2.24, 2.45) is 11.8 Å². The van der Waals surface area contributed by atoms with Crippen LogP contribution in [0.5, 0.6) is 0 Å². The van der Waals surface area contributed by atoms with Crippen molar-refractivity contribution >= 4 is 38.8 Å². The SMILES string of the molecule is CS(=O)(=O)C1=CC(Cl)([N+](=O)[O-])C(C(=O)C2C(=O)CCCC2=O)C=C1. The molecule has 0 bridgehead atoms. The van der Waals surface area contributed by atoms with Gasteiger partial charge in [-0.15, -0.1) is 0 Å². The van der Waals surface area contributed by atoms with E-state index >= 15 is 0 Å². The van der Waals surface area contributed by atoms with Gasteiger partial charge in [0.1, 0.15) is 11.8 Å². The highest BCUT2D eigenvalue weighted by molar-refractivity contribution is 7.94. The molecular weight excluding hydrogens is 362 g/mol. The second kappa shape index (κ2) is 6.21. The Morgan fingerprint density at radius 2 is 1.88 bits per heavy atom. The standard InChI is InChI=1S/C14H14ClNO7S/c1-24(22,23)8-5-6-9(14(15,7-8)16(20)21)13(19)12-10(17)3-2-4-11(12)18/h5-7,9,12H,2-4H2,1H3. The predicted molar refractivity (Wildman–Crippen MR) is 83.5 cm³/mol. The van der Waals surface area contributed by atoms with Gasteiger partial charge < -0.3 is 0 Å². The van der Waals surface area contributed by atoms with Gasteiger partial charge in [0.15, 0.2) is 27.2 Å². The summed E-state index contributed by atoms with van der Waals surface area (Å²) in [6.07, 6.45) is 3.93. The molecule has 130 valence electrons. The fourth-order valence-electron chi connectivity index (χ4n) is 2.76. The minimum atomic E-state index is -3.79.